The molecule has 19 heavy (non-hydrogen) atoms. The summed E-state index contributed by atoms with van der Waals surface area (Å²) in [5, 5.41) is 3.44. The summed E-state index contributed by atoms with van der Waals surface area (Å²) in [5.41, 5.74) is 9.10. The molecule has 0 N–H and O–H groups in total. The lowest BCUT2D eigenvalue weighted by atomic mass is 10.1. The van der Waals surface area contributed by atoms with Gasteiger partial charge in [-0.1, -0.05) is 23.7 Å². The highest BCUT2D eigenvalue weighted by Crippen LogP contribution is 2.22. The molecule has 0 spiro atoms. The van der Waals surface area contributed by atoms with Gasteiger partial charge in [-0.05, 0) is 30.5 Å². The van der Waals surface area contributed by atoms with E-state index in [2.05, 4.69) is 10.0 Å². The number of carbonyl (C=O) groups excluding carboxylic acids is 2. The van der Waals surface area contributed by atoms with Gasteiger partial charge in [0.25, 0.3) is 11.8 Å². The number of imide groups is 1. The minimum absolute atomic E-state index is 0.212. The highest BCUT2D eigenvalue weighted by molar-refractivity contribution is 6.21. The van der Waals surface area contributed by atoms with Crippen molar-refractivity contribution >= 4 is 11.8 Å². The second-order valence-corrected chi connectivity index (χ2v) is 4.32. The van der Waals surface area contributed by atoms with Crippen molar-refractivity contribution in [2.75, 3.05) is 13.1 Å². The molecule has 6 heteroatoms. The Balaban J connectivity index is 1.88. The standard InChI is InChI=1S/C13H14N4O2/c14-16-15-8-4-1-5-9-17-12(18)10-6-2-3-7-11(10)13(17)19/h2-3,6-7H,1,4-5,8-9H2. The number of amides is 2. The van der Waals surface area contributed by atoms with Gasteiger partial charge >= 0.3 is 0 Å². The van der Waals surface area contributed by atoms with Gasteiger partial charge in [-0.15, -0.1) is 0 Å². The van der Waals surface area contributed by atoms with Gasteiger partial charge in [-0.2, -0.15) is 0 Å². The van der Waals surface area contributed by atoms with Gasteiger partial charge in [0, 0.05) is 18.0 Å². The summed E-state index contributed by atoms with van der Waals surface area (Å²) >= 11 is 0. The first kappa shape index (κ1) is 13.1. The lowest BCUT2D eigenvalue weighted by molar-refractivity contribution is 0.0651. The van der Waals surface area contributed by atoms with Crippen LogP contribution in [0.5, 0.6) is 0 Å². The molecule has 0 atom stereocenters. The number of hydrogen-bond donors (Lipinski definition) is 0. The predicted octanol–water partition coefficient (Wildman–Crippen LogP) is 2.76. The van der Waals surface area contributed by atoms with Gasteiger partial charge in [-0.3, -0.25) is 14.5 Å². The molecule has 6 nitrogen and oxygen atoms in total. The molecule has 0 aliphatic carbocycles. The van der Waals surface area contributed by atoms with Crippen LogP contribution in [-0.2, 0) is 0 Å². The Kier molecular flexibility index (Phi) is 4.15. The van der Waals surface area contributed by atoms with Crippen LogP contribution in [0.3, 0.4) is 0 Å². The second-order valence-electron chi connectivity index (χ2n) is 4.32. The van der Waals surface area contributed by atoms with Crippen LogP contribution in [0.4, 0.5) is 0 Å². The van der Waals surface area contributed by atoms with Gasteiger partial charge in [0.05, 0.1) is 11.1 Å². The maximum atomic E-state index is 12.0. The molecule has 0 aromatic heterocycles. The molecule has 2 rings (SSSR count). The first-order valence-electron chi connectivity index (χ1n) is 6.22. The number of benzene rings is 1. The van der Waals surface area contributed by atoms with Crippen molar-refractivity contribution < 1.29 is 9.59 Å². The number of rotatable bonds is 6. The summed E-state index contributed by atoms with van der Waals surface area (Å²) in [6.07, 6.45) is 2.33. The van der Waals surface area contributed by atoms with Crippen molar-refractivity contribution in [1.82, 2.24) is 4.90 Å². The number of unbranched alkanes of at least 4 members (excludes halogenated alkanes) is 2. The fourth-order valence-corrected chi connectivity index (χ4v) is 2.12. The molecule has 0 fully saturated rings. The minimum Gasteiger partial charge on any atom is -0.274 e. The quantitative estimate of drug-likeness (QED) is 0.258. The van der Waals surface area contributed by atoms with E-state index in [0.717, 1.165) is 19.3 Å². The molecule has 0 radical (unpaired) electrons. The first-order chi connectivity index (χ1) is 9.25. The number of carbonyl (C=O) groups is 2. The van der Waals surface area contributed by atoms with Gasteiger partial charge < -0.3 is 0 Å². The van der Waals surface area contributed by atoms with E-state index in [1.165, 1.54) is 4.90 Å². The lowest BCUT2D eigenvalue weighted by Gasteiger charge is -2.13. The minimum atomic E-state index is -0.212. The smallest absolute Gasteiger partial charge is 0.261 e. The van der Waals surface area contributed by atoms with Crippen molar-refractivity contribution in [3.05, 3.63) is 45.8 Å². The van der Waals surface area contributed by atoms with E-state index in [1.54, 1.807) is 24.3 Å². The molecule has 0 bridgehead atoms. The number of fused-ring (bicyclic) bond motifs is 1. The Labute approximate surface area is 110 Å². The molecule has 1 aliphatic rings. The van der Waals surface area contributed by atoms with E-state index in [4.69, 9.17) is 5.53 Å². The highest BCUT2D eigenvalue weighted by atomic mass is 16.2. The van der Waals surface area contributed by atoms with E-state index in [0.29, 0.717) is 24.2 Å². The largest absolute Gasteiger partial charge is 0.274 e. The van der Waals surface area contributed by atoms with Crippen molar-refractivity contribution in [2.45, 2.75) is 19.3 Å². The summed E-state index contributed by atoms with van der Waals surface area (Å²) in [7, 11) is 0. The Morgan fingerprint density at radius 1 is 1.05 bits per heavy atom. The van der Waals surface area contributed by atoms with Gasteiger partial charge in [-0.25, -0.2) is 0 Å². The topological polar surface area (TPSA) is 86.1 Å². The molecule has 1 aromatic carbocycles. The van der Waals surface area contributed by atoms with Gasteiger partial charge in [0.2, 0.25) is 0 Å². The van der Waals surface area contributed by atoms with E-state index in [9.17, 15) is 9.59 Å². The zero-order valence-corrected chi connectivity index (χ0v) is 10.5. The fraction of sp³-hybridized carbons (Fsp3) is 0.385. The summed E-state index contributed by atoms with van der Waals surface area (Å²) < 4.78 is 0. The first-order valence-corrected chi connectivity index (χ1v) is 6.22. The van der Waals surface area contributed by atoms with E-state index < -0.39 is 0 Å². The van der Waals surface area contributed by atoms with Crippen LogP contribution < -0.4 is 0 Å². The summed E-state index contributed by atoms with van der Waals surface area (Å²) in [5.74, 6) is -0.425. The average Bonchev–Trinajstić information content (AvgIpc) is 2.68. The average molecular weight is 258 g/mol. The molecule has 98 valence electrons. The van der Waals surface area contributed by atoms with Crippen molar-refractivity contribution in [3.63, 3.8) is 0 Å². The van der Waals surface area contributed by atoms with E-state index in [-0.39, 0.29) is 11.8 Å². The summed E-state index contributed by atoms with van der Waals surface area (Å²) in [6, 6.07) is 6.87. The molecule has 1 aliphatic heterocycles. The van der Waals surface area contributed by atoms with E-state index in [1.807, 2.05) is 0 Å². The van der Waals surface area contributed by atoms with Crippen molar-refractivity contribution in [2.24, 2.45) is 5.11 Å². The van der Waals surface area contributed by atoms with Crippen LogP contribution in [0.15, 0.2) is 29.4 Å². The van der Waals surface area contributed by atoms with Gasteiger partial charge in [0.15, 0.2) is 0 Å². The Morgan fingerprint density at radius 3 is 2.26 bits per heavy atom. The third-order valence-corrected chi connectivity index (χ3v) is 3.08. The molecular weight excluding hydrogens is 244 g/mol. The zero-order chi connectivity index (χ0) is 13.7. The molecule has 0 unspecified atom stereocenters. The third-order valence-electron chi connectivity index (χ3n) is 3.08. The van der Waals surface area contributed by atoms with E-state index >= 15 is 0 Å². The SMILES string of the molecule is [N-]=[N+]=NCCCCCN1C(=O)c2ccccc2C1=O. The maximum absolute atomic E-state index is 12.0. The molecule has 0 saturated carbocycles. The Hall–Kier alpha value is -2.33. The second kappa shape index (κ2) is 6.02. The molecular formula is C13H14N4O2. The van der Waals surface area contributed by atoms with Crippen LogP contribution in [0.2, 0.25) is 0 Å². The molecule has 2 amide bonds. The third kappa shape index (κ3) is 2.74. The summed E-state index contributed by atoms with van der Waals surface area (Å²) in [4.78, 5) is 28.0. The van der Waals surface area contributed by atoms with Crippen molar-refractivity contribution in [1.29, 1.82) is 0 Å². The lowest BCUT2D eigenvalue weighted by Crippen LogP contribution is -2.30. The zero-order valence-electron chi connectivity index (χ0n) is 10.5. The van der Waals surface area contributed by atoms with Crippen LogP contribution in [0.1, 0.15) is 40.0 Å². The van der Waals surface area contributed by atoms with Crippen LogP contribution in [0.25, 0.3) is 10.4 Å². The van der Waals surface area contributed by atoms with Crippen LogP contribution in [0, 0.1) is 0 Å². The maximum Gasteiger partial charge on any atom is 0.261 e. The monoisotopic (exact) mass is 258 g/mol. The Bertz CT molecular complexity index is 514. The van der Waals surface area contributed by atoms with Crippen LogP contribution >= 0.6 is 0 Å². The normalized spacial score (nSPS) is 13.4. The number of nitrogens with zero attached hydrogens (tertiary/aromatic N) is 4. The fourth-order valence-electron chi connectivity index (χ4n) is 2.12. The predicted molar refractivity (Wildman–Crippen MR) is 69.7 cm³/mol. The number of hydrogen-bond acceptors (Lipinski definition) is 3. The molecule has 0 saturated heterocycles. The molecule has 1 heterocycles. The number of azide groups is 1. The highest BCUT2D eigenvalue weighted by Gasteiger charge is 2.34. The summed E-state index contributed by atoms with van der Waals surface area (Å²) in [6.45, 7) is 0.876. The molecule has 1 aromatic rings. The van der Waals surface area contributed by atoms with Crippen molar-refractivity contribution in [3.8, 4) is 0 Å². The Morgan fingerprint density at radius 2 is 1.68 bits per heavy atom. The van der Waals surface area contributed by atoms with Crippen LogP contribution in [-0.4, -0.2) is 29.8 Å². The van der Waals surface area contributed by atoms with Gasteiger partial charge in [0.1, 0.15) is 0 Å².